The molecule has 1 aromatic carbocycles. The van der Waals surface area contributed by atoms with Crippen molar-refractivity contribution in [2.75, 3.05) is 7.11 Å². The second-order valence-electron chi connectivity index (χ2n) is 3.00. The molecule has 0 amide bonds. The molecule has 0 saturated heterocycles. The molecular formula is C11H11BrO3. The van der Waals surface area contributed by atoms with Crippen LogP contribution in [0.2, 0.25) is 0 Å². The van der Waals surface area contributed by atoms with Crippen LogP contribution in [0.15, 0.2) is 22.7 Å². The second kappa shape index (κ2) is 5.66. The highest BCUT2D eigenvalue weighted by Crippen LogP contribution is 2.18. The number of esters is 1. The van der Waals surface area contributed by atoms with Crippen molar-refractivity contribution in [3.05, 3.63) is 33.8 Å². The van der Waals surface area contributed by atoms with Crippen molar-refractivity contribution in [1.29, 1.82) is 0 Å². The molecular weight excluding hydrogens is 260 g/mol. The Balaban J connectivity index is 3.02. The first kappa shape index (κ1) is 11.9. The summed E-state index contributed by atoms with van der Waals surface area (Å²) in [5, 5.41) is 0. The first-order chi connectivity index (χ1) is 7.19. The number of aryl methyl sites for hydroxylation is 1. The predicted molar refractivity (Wildman–Crippen MR) is 59.9 cm³/mol. The van der Waals surface area contributed by atoms with E-state index < -0.39 is 0 Å². The van der Waals surface area contributed by atoms with Gasteiger partial charge in [0.2, 0.25) is 0 Å². The lowest BCUT2D eigenvalue weighted by molar-refractivity contribution is -0.107. The number of ether oxygens (including phenoxy) is 1. The van der Waals surface area contributed by atoms with Crippen LogP contribution < -0.4 is 0 Å². The van der Waals surface area contributed by atoms with E-state index in [1.807, 2.05) is 12.1 Å². The van der Waals surface area contributed by atoms with Crippen LogP contribution in [-0.4, -0.2) is 19.4 Å². The average molecular weight is 271 g/mol. The van der Waals surface area contributed by atoms with Crippen LogP contribution in [0.3, 0.4) is 0 Å². The molecule has 0 unspecified atom stereocenters. The number of carbonyl (C=O) groups is 2. The molecule has 0 spiro atoms. The quantitative estimate of drug-likeness (QED) is 0.623. The molecule has 3 nitrogen and oxygen atoms in total. The molecule has 4 heteroatoms. The molecule has 1 rings (SSSR count). The second-order valence-corrected chi connectivity index (χ2v) is 3.91. The van der Waals surface area contributed by atoms with Crippen molar-refractivity contribution in [3.63, 3.8) is 0 Å². The van der Waals surface area contributed by atoms with E-state index in [0.29, 0.717) is 18.4 Å². The van der Waals surface area contributed by atoms with Crippen molar-refractivity contribution in [2.24, 2.45) is 0 Å². The number of benzene rings is 1. The molecule has 1 aromatic rings. The summed E-state index contributed by atoms with van der Waals surface area (Å²) >= 11 is 3.28. The van der Waals surface area contributed by atoms with E-state index in [-0.39, 0.29) is 5.97 Å². The molecule has 0 atom stereocenters. The number of carbonyl (C=O) groups excluding carboxylic acids is 2. The van der Waals surface area contributed by atoms with E-state index in [4.69, 9.17) is 0 Å². The lowest BCUT2D eigenvalue weighted by Crippen LogP contribution is -2.06. The Hall–Kier alpha value is -1.16. The molecule has 0 aliphatic carbocycles. The minimum absolute atomic E-state index is 0.378. The summed E-state index contributed by atoms with van der Waals surface area (Å²) in [6.07, 6.45) is 1.80. The van der Waals surface area contributed by atoms with Gasteiger partial charge >= 0.3 is 5.97 Å². The van der Waals surface area contributed by atoms with E-state index in [9.17, 15) is 9.59 Å². The lowest BCUT2D eigenvalue weighted by Gasteiger charge is -2.06. The first-order valence-electron chi connectivity index (χ1n) is 4.49. The topological polar surface area (TPSA) is 43.4 Å². The molecule has 0 radical (unpaired) electrons. The SMILES string of the molecule is COC(=O)c1cc(Br)ccc1CCC=O. The minimum atomic E-state index is -0.378. The fraction of sp³-hybridized carbons (Fsp3) is 0.273. The van der Waals surface area contributed by atoms with Gasteiger partial charge in [-0.05, 0) is 24.1 Å². The van der Waals surface area contributed by atoms with Crippen molar-refractivity contribution in [3.8, 4) is 0 Å². The zero-order valence-corrected chi connectivity index (χ0v) is 9.91. The van der Waals surface area contributed by atoms with Gasteiger partial charge in [-0.2, -0.15) is 0 Å². The molecule has 0 heterocycles. The maximum atomic E-state index is 11.4. The Labute approximate surface area is 96.6 Å². The Kier molecular flexibility index (Phi) is 4.49. The number of halogens is 1. The number of methoxy groups -OCH3 is 1. The maximum Gasteiger partial charge on any atom is 0.338 e. The number of aldehydes is 1. The highest BCUT2D eigenvalue weighted by Gasteiger charge is 2.11. The summed E-state index contributed by atoms with van der Waals surface area (Å²) in [6, 6.07) is 5.36. The molecule has 0 saturated carbocycles. The molecule has 15 heavy (non-hydrogen) atoms. The smallest absolute Gasteiger partial charge is 0.338 e. The number of hydrogen-bond acceptors (Lipinski definition) is 3. The zero-order valence-electron chi connectivity index (χ0n) is 8.33. The predicted octanol–water partition coefficient (Wildman–Crippen LogP) is 2.37. The van der Waals surface area contributed by atoms with Gasteiger partial charge in [0.1, 0.15) is 6.29 Å². The summed E-state index contributed by atoms with van der Waals surface area (Å²) in [5.74, 6) is -0.378. The number of rotatable bonds is 4. The van der Waals surface area contributed by atoms with Gasteiger partial charge in [0.25, 0.3) is 0 Å². The average Bonchev–Trinajstić information content (AvgIpc) is 2.26. The van der Waals surface area contributed by atoms with Crippen molar-refractivity contribution >= 4 is 28.2 Å². The monoisotopic (exact) mass is 270 g/mol. The Bertz CT molecular complexity index is 374. The van der Waals surface area contributed by atoms with Crippen LogP contribution >= 0.6 is 15.9 Å². The van der Waals surface area contributed by atoms with Gasteiger partial charge in [-0.25, -0.2) is 4.79 Å². The Morgan fingerprint density at radius 2 is 2.27 bits per heavy atom. The van der Waals surface area contributed by atoms with Gasteiger partial charge in [0, 0.05) is 10.9 Å². The van der Waals surface area contributed by atoms with Crippen molar-refractivity contribution in [2.45, 2.75) is 12.8 Å². The molecule has 0 N–H and O–H groups in total. The Morgan fingerprint density at radius 1 is 1.53 bits per heavy atom. The third-order valence-corrected chi connectivity index (χ3v) is 2.50. The minimum Gasteiger partial charge on any atom is -0.465 e. The van der Waals surface area contributed by atoms with Crippen LogP contribution in [0.1, 0.15) is 22.3 Å². The fourth-order valence-electron chi connectivity index (χ4n) is 1.28. The third-order valence-electron chi connectivity index (χ3n) is 2.01. The van der Waals surface area contributed by atoms with E-state index in [2.05, 4.69) is 20.7 Å². The molecule has 0 bridgehead atoms. The summed E-state index contributed by atoms with van der Waals surface area (Å²) in [5.41, 5.74) is 1.34. The summed E-state index contributed by atoms with van der Waals surface area (Å²) in [6.45, 7) is 0. The van der Waals surface area contributed by atoms with Crippen LogP contribution in [0.5, 0.6) is 0 Å². The molecule has 80 valence electrons. The van der Waals surface area contributed by atoms with E-state index in [1.54, 1.807) is 6.07 Å². The van der Waals surface area contributed by atoms with Crippen LogP contribution in [0.25, 0.3) is 0 Å². The summed E-state index contributed by atoms with van der Waals surface area (Å²) in [4.78, 5) is 21.7. The van der Waals surface area contributed by atoms with Crippen LogP contribution in [-0.2, 0) is 16.0 Å². The summed E-state index contributed by atoms with van der Waals surface area (Å²) in [7, 11) is 1.34. The zero-order chi connectivity index (χ0) is 11.3. The number of hydrogen-bond donors (Lipinski definition) is 0. The van der Waals surface area contributed by atoms with Crippen molar-refractivity contribution < 1.29 is 14.3 Å². The summed E-state index contributed by atoms with van der Waals surface area (Å²) < 4.78 is 5.48. The van der Waals surface area contributed by atoms with Gasteiger partial charge in [-0.1, -0.05) is 22.0 Å². The molecule has 0 aromatic heterocycles. The largest absolute Gasteiger partial charge is 0.465 e. The first-order valence-corrected chi connectivity index (χ1v) is 5.28. The highest BCUT2D eigenvalue weighted by atomic mass is 79.9. The molecule has 0 fully saturated rings. The van der Waals surface area contributed by atoms with Crippen molar-refractivity contribution in [1.82, 2.24) is 0 Å². The van der Waals surface area contributed by atoms with Gasteiger partial charge in [-0.15, -0.1) is 0 Å². The van der Waals surface area contributed by atoms with E-state index in [0.717, 1.165) is 16.3 Å². The van der Waals surface area contributed by atoms with E-state index in [1.165, 1.54) is 7.11 Å². The van der Waals surface area contributed by atoms with Gasteiger partial charge in [-0.3, -0.25) is 0 Å². The third kappa shape index (κ3) is 3.16. The normalized spacial score (nSPS) is 9.73. The standard InChI is InChI=1S/C11H11BrO3/c1-15-11(14)10-7-9(12)5-4-8(10)3-2-6-13/h4-7H,2-3H2,1H3. The van der Waals surface area contributed by atoms with Crippen LogP contribution in [0, 0.1) is 0 Å². The van der Waals surface area contributed by atoms with Gasteiger partial charge < -0.3 is 9.53 Å². The van der Waals surface area contributed by atoms with Crippen LogP contribution in [0.4, 0.5) is 0 Å². The Morgan fingerprint density at radius 3 is 2.87 bits per heavy atom. The van der Waals surface area contributed by atoms with Gasteiger partial charge in [0.05, 0.1) is 12.7 Å². The van der Waals surface area contributed by atoms with Gasteiger partial charge in [0.15, 0.2) is 0 Å². The highest BCUT2D eigenvalue weighted by molar-refractivity contribution is 9.10. The maximum absolute atomic E-state index is 11.4. The molecule has 0 aliphatic heterocycles. The van der Waals surface area contributed by atoms with E-state index >= 15 is 0 Å². The molecule has 0 aliphatic rings. The fourth-order valence-corrected chi connectivity index (χ4v) is 1.64. The lowest BCUT2D eigenvalue weighted by atomic mass is 10.0.